The zero-order valence-electron chi connectivity index (χ0n) is 10.4. The van der Waals surface area contributed by atoms with Crippen LogP contribution >= 0.6 is 0 Å². The van der Waals surface area contributed by atoms with E-state index in [-0.39, 0.29) is 11.9 Å². The molecule has 0 spiro atoms. The van der Waals surface area contributed by atoms with E-state index in [0.29, 0.717) is 6.42 Å². The van der Waals surface area contributed by atoms with E-state index >= 15 is 0 Å². The Balaban J connectivity index is 2.00. The number of rotatable bonds is 5. The van der Waals surface area contributed by atoms with Gasteiger partial charge in [-0.1, -0.05) is 0 Å². The van der Waals surface area contributed by atoms with Crippen molar-refractivity contribution >= 4 is 5.78 Å². The summed E-state index contributed by atoms with van der Waals surface area (Å²) in [5.74, 6) is 1.11. The first kappa shape index (κ1) is 12.1. The SMILES string of the molecule is COC(C)CCC(=O)c1ccc2c(c1)CCO2. The summed E-state index contributed by atoms with van der Waals surface area (Å²) in [6, 6.07) is 5.71. The van der Waals surface area contributed by atoms with E-state index in [1.807, 2.05) is 25.1 Å². The molecule has 1 aromatic carbocycles. The van der Waals surface area contributed by atoms with Gasteiger partial charge in [0.15, 0.2) is 5.78 Å². The molecule has 1 aliphatic rings. The standard InChI is InChI=1S/C14H18O3/c1-10(16-2)3-5-13(15)11-4-6-14-12(9-11)7-8-17-14/h4,6,9-10H,3,5,7-8H2,1-2H3. The molecule has 17 heavy (non-hydrogen) atoms. The third-order valence-corrected chi connectivity index (χ3v) is 3.19. The van der Waals surface area contributed by atoms with Crippen LogP contribution in [-0.2, 0) is 11.2 Å². The summed E-state index contributed by atoms with van der Waals surface area (Å²) in [6.07, 6.45) is 2.35. The third kappa shape index (κ3) is 2.86. The van der Waals surface area contributed by atoms with E-state index < -0.39 is 0 Å². The molecule has 0 saturated carbocycles. The fraction of sp³-hybridized carbons (Fsp3) is 0.500. The Labute approximate surface area is 102 Å². The Morgan fingerprint density at radius 3 is 3.12 bits per heavy atom. The van der Waals surface area contributed by atoms with Crippen LogP contribution in [0.25, 0.3) is 0 Å². The first-order chi connectivity index (χ1) is 8.20. The summed E-state index contributed by atoms with van der Waals surface area (Å²) in [7, 11) is 1.67. The van der Waals surface area contributed by atoms with Crippen molar-refractivity contribution in [2.45, 2.75) is 32.3 Å². The van der Waals surface area contributed by atoms with Gasteiger partial charge in [0, 0.05) is 25.5 Å². The van der Waals surface area contributed by atoms with Crippen LogP contribution in [0.5, 0.6) is 5.75 Å². The molecule has 0 fully saturated rings. The van der Waals surface area contributed by atoms with Crippen molar-refractivity contribution in [1.29, 1.82) is 0 Å². The molecule has 3 nitrogen and oxygen atoms in total. The average Bonchev–Trinajstić information content (AvgIpc) is 2.82. The number of ketones is 1. The molecule has 1 atom stereocenters. The molecule has 0 N–H and O–H groups in total. The van der Waals surface area contributed by atoms with E-state index in [0.717, 1.165) is 36.3 Å². The minimum absolute atomic E-state index is 0.136. The third-order valence-electron chi connectivity index (χ3n) is 3.19. The second kappa shape index (κ2) is 5.32. The van der Waals surface area contributed by atoms with E-state index in [2.05, 4.69) is 0 Å². The molecule has 1 aromatic rings. The summed E-state index contributed by atoms with van der Waals surface area (Å²) in [4.78, 5) is 12.0. The summed E-state index contributed by atoms with van der Waals surface area (Å²) >= 11 is 0. The van der Waals surface area contributed by atoms with Gasteiger partial charge in [-0.15, -0.1) is 0 Å². The molecule has 1 heterocycles. The van der Waals surface area contributed by atoms with E-state index in [1.54, 1.807) is 7.11 Å². The smallest absolute Gasteiger partial charge is 0.162 e. The highest BCUT2D eigenvalue weighted by atomic mass is 16.5. The molecular formula is C14H18O3. The van der Waals surface area contributed by atoms with Crippen molar-refractivity contribution in [3.05, 3.63) is 29.3 Å². The quantitative estimate of drug-likeness (QED) is 0.735. The maximum atomic E-state index is 12.0. The Hall–Kier alpha value is -1.35. The van der Waals surface area contributed by atoms with E-state index in [9.17, 15) is 4.79 Å². The molecule has 0 bridgehead atoms. The fourth-order valence-corrected chi connectivity index (χ4v) is 1.96. The van der Waals surface area contributed by atoms with Crippen molar-refractivity contribution in [1.82, 2.24) is 0 Å². The molecule has 1 unspecified atom stereocenters. The number of benzene rings is 1. The number of Topliss-reactive ketones (excluding diaryl/α,β-unsaturated/α-hetero) is 1. The van der Waals surface area contributed by atoms with Gasteiger partial charge in [-0.3, -0.25) is 4.79 Å². The average molecular weight is 234 g/mol. The van der Waals surface area contributed by atoms with Crippen LogP contribution < -0.4 is 4.74 Å². The predicted octanol–water partition coefficient (Wildman–Crippen LogP) is 2.62. The van der Waals surface area contributed by atoms with Gasteiger partial charge in [0.1, 0.15) is 5.75 Å². The molecule has 0 aliphatic carbocycles. The minimum atomic E-state index is 0.136. The van der Waals surface area contributed by atoms with Crippen LogP contribution in [0.4, 0.5) is 0 Å². The zero-order chi connectivity index (χ0) is 12.3. The fourth-order valence-electron chi connectivity index (χ4n) is 1.96. The highest BCUT2D eigenvalue weighted by Gasteiger charge is 2.15. The lowest BCUT2D eigenvalue weighted by atomic mass is 10.0. The Morgan fingerprint density at radius 1 is 1.53 bits per heavy atom. The van der Waals surface area contributed by atoms with Crippen molar-refractivity contribution < 1.29 is 14.3 Å². The van der Waals surface area contributed by atoms with Gasteiger partial charge >= 0.3 is 0 Å². The van der Waals surface area contributed by atoms with Crippen LogP contribution in [0.2, 0.25) is 0 Å². The van der Waals surface area contributed by atoms with Crippen molar-refractivity contribution in [3.63, 3.8) is 0 Å². The van der Waals surface area contributed by atoms with Crippen molar-refractivity contribution in [3.8, 4) is 5.75 Å². The Bertz CT molecular complexity index is 412. The second-order valence-electron chi connectivity index (χ2n) is 4.43. The molecule has 92 valence electrons. The van der Waals surface area contributed by atoms with Gasteiger partial charge in [-0.05, 0) is 37.1 Å². The molecule has 0 aromatic heterocycles. The number of methoxy groups -OCH3 is 1. The number of ether oxygens (including phenoxy) is 2. The maximum absolute atomic E-state index is 12.0. The van der Waals surface area contributed by atoms with Crippen molar-refractivity contribution in [2.75, 3.05) is 13.7 Å². The lowest BCUT2D eigenvalue weighted by Crippen LogP contribution is -2.08. The Morgan fingerprint density at radius 2 is 2.35 bits per heavy atom. The number of fused-ring (bicyclic) bond motifs is 1. The zero-order valence-corrected chi connectivity index (χ0v) is 10.4. The summed E-state index contributed by atoms with van der Waals surface area (Å²) in [5, 5.41) is 0. The molecular weight excluding hydrogens is 216 g/mol. The highest BCUT2D eigenvalue weighted by molar-refractivity contribution is 5.96. The molecule has 0 radical (unpaired) electrons. The van der Waals surface area contributed by atoms with Crippen LogP contribution in [0, 0.1) is 0 Å². The lowest BCUT2D eigenvalue weighted by molar-refractivity contribution is 0.0877. The molecule has 0 saturated heterocycles. The number of hydrogen-bond donors (Lipinski definition) is 0. The van der Waals surface area contributed by atoms with Gasteiger partial charge in [-0.2, -0.15) is 0 Å². The molecule has 0 amide bonds. The second-order valence-corrected chi connectivity index (χ2v) is 4.43. The van der Waals surface area contributed by atoms with Crippen LogP contribution in [-0.4, -0.2) is 25.6 Å². The maximum Gasteiger partial charge on any atom is 0.162 e. The first-order valence-electron chi connectivity index (χ1n) is 6.02. The largest absolute Gasteiger partial charge is 0.493 e. The number of carbonyl (C=O) groups is 1. The minimum Gasteiger partial charge on any atom is -0.493 e. The molecule has 3 heteroatoms. The van der Waals surface area contributed by atoms with Crippen LogP contribution in [0.3, 0.4) is 0 Å². The topological polar surface area (TPSA) is 35.5 Å². The van der Waals surface area contributed by atoms with E-state index in [1.165, 1.54) is 0 Å². The number of carbonyl (C=O) groups excluding carboxylic acids is 1. The molecule has 2 rings (SSSR count). The first-order valence-corrected chi connectivity index (χ1v) is 6.02. The van der Waals surface area contributed by atoms with Crippen molar-refractivity contribution in [2.24, 2.45) is 0 Å². The van der Waals surface area contributed by atoms with E-state index in [4.69, 9.17) is 9.47 Å². The summed E-state index contributed by atoms with van der Waals surface area (Å²) in [6.45, 7) is 2.71. The Kier molecular flexibility index (Phi) is 3.79. The van der Waals surface area contributed by atoms with Gasteiger partial charge in [0.25, 0.3) is 0 Å². The highest BCUT2D eigenvalue weighted by Crippen LogP contribution is 2.26. The van der Waals surface area contributed by atoms with Crippen LogP contribution in [0.1, 0.15) is 35.7 Å². The summed E-state index contributed by atoms with van der Waals surface area (Å²) < 4.78 is 10.6. The lowest BCUT2D eigenvalue weighted by Gasteiger charge is -2.08. The normalized spacial score (nSPS) is 15.2. The van der Waals surface area contributed by atoms with Gasteiger partial charge in [-0.25, -0.2) is 0 Å². The molecule has 1 aliphatic heterocycles. The van der Waals surface area contributed by atoms with Crippen LogP contribution in [0.15, 0.2) is 18.2 Å². The van der Waals surface area contributed by atoms with Gasteiger partial charge in [0.05, 0.1) is 12.7 Å². The van der Waals surface area contributed by atoms with Gasteiger partial charge < -0.3 is 9.47 Å². The number of hydrogen-bond acceptors (Lipinski definition) is 3. The van der Waals surface area contributed by atoms with Gasteiger partial charge in [0.2, 0.25) is 0 Å². The predicted molar refractivity (Wildman–Crippen MR) is 65.7 cm³/mol. The summed E-state index contributed by atoms with van der Waals surface area (Å²) in [5.41, 5.74) is 1.94. The monoisotopic (exact) mass is 234 g/mol.